The van der Waals surface area contributed by atoms with Crippen LogP contribution in [0, 0.1) is 36.3 Å². The van der Waals surface area contributed by atoms with E-state index < -0.39 is 22.5 Å². The number of fused-ring (bicyclic) bond motifs is 6. The van der Waals surface area contributed by atoms with E-state index in [9.17, 15) is 10.2 Å². The van der Waals surface area contributed by atoms with Gasteiger partial charge in [0.05, 0.1) is 33.4 Å². The maximum Gasteiger partial charge on any atom is 0.147 e. The van der Waals surface area contributed by atoms with Crippen LogP contribution in [0.2, 0.25) is 0 Å². The third kappa shape index (κ3) is 13.2. The van der Waals surface area contributed by atoms with Gasteiger partial charge < -0.3 is 28.8 Å². The Hall–Kier alpha value is -7.58. The van der Waals surface area contributed by atoms with Crippen molar-refractivity contribution in [3.05, 3.63) is 177 Å². The SMILES string of the molecule is Cc1cc(F)cc(-c2cc(C(C)(C)CC(C)(C)C)cc(-n3c4cc(C(C)(C)C)ccc4c4ccc(C(C)(C)C)cc43)c2O)c1OCCOc1c(C)cc(F)cc1-c1cc(C(C)(C)CC(C)(C)C)cc(-n2c3cc(C(C)(C)C)ccc3c3ccc(C(C)(C)C)cc32)c1O. The number of aryl methyl sites for hydroxylation is 2. The molecule has 486 valence electrons. The fraction of sp³-hybridized carbons (Fsp3) is 0.429. The Kier molecular flexibility index (Phi) is 16.9. The maximum absolute atomic E-state index is 16.4. The van der Waals surface area contributed by atoms with Gasteiger partial charge in [0.1, 0.15) is 47.8 Å². The molecule has 2 aromatic heterocycles. The quantitative estimate of drug-likeness (QED) is 0.113. The summed E-state index contributed by atoms with van der Waals surface area (Å²) in [6, 6.07) is 40.9. The summed E-state index contributed by atoms with van der Waals surface area (Å²) in [4.78, 5) is 0. The number of hydrogen-bond acceptors (Lipinski definition) is 4. The summed E-state index contributed by atoms with van der Waals surface area (Å²) in [5.74, 6) is -0.139. The predicted octanol–water partition coefficient (Wildman–Crippen LogP) is 23.6. The second kappa shape index (κ2) is 23.2. The highest BCUT2D eigenvalue weighted by Crippen LogP contribution is 2.51. The zero-order valence-electron chi connectivity index (χ0n) is 59.7. The van der Waals surface area contributed by atoms with E-state index in [0.717, 1.165) is 89.8 Å². The minimum Gasteiger partial charge on any atom is -0.505 e. The number of benzene rings is 8. The average molecular weight is 1240 g/mol. The molecule has 0 fully saturated rings. The number of phenolic OH excluding ortho intramolecular Hbond substituents is 2. The minimum atomic E-state index is -0.466. The molecule has 0 saturated heterocycles. The third-order valence-corrected chi connectivity index (χ3v) is 18.8. The first-order valence-corrected chi connectivity index (χ1v) is 33.1. The number of phenols is 2. The summed E-state index contributed by atoms with van der Waals surface area (Å²) in [7, 11) is 0. The molecule has 92 heavy (non-hydrogen) atoms. The van der Waals surface area contributed by atoms with Crippen LogP contribution in [0.5, 0.6) is 23.0 Å². The van der Waals surface area contributed by atoms with Crippen molar-refractivity contribution in [2.75, 3.05) is 13.2 Å². The van der Waals surface area contributed by atoms with Crippen molar-refractivity contribution < 1.29 is 28.5 Å². The van der Waals surface area contributed by atoms with Gasteiger partial charge in [0.25, 0.3) is 0 Å². The van der Waals surface area contributed by atoms with E-state index in [2.05, 4.69) is 246 Å². The zero-order chi connectivity index (χ0) is 67.7. The van der Waals surface area contributed by atoms with Gasteiger partial charge in [-0.05, 0) is 187 Å². The van der Waals surface area contributed by atoms with Crippen LogP contribution in [0.4, 0.5) is 8.78 Å². The maximum atomic E-state index is 16.4. The van der Waals surface area contributed by atoms with Crippen LogP contribution in [-0.2, 0) is 32.5 Å². The van der Waals surface area contributed by atoms with Crippen molar-refractivity contribution in [3.63, 3.8) is 0 Å². The van der Waals surface area contributed by atoms with Crippen LogP contribution >= 0.6 is 0 Å². The molecule has 0 atom stereocenters. The van der Waals surface area contributed by atoms with Crippen molar-refractivity contribution in [1.82, 2.24) is 9.13 Å². The van der Waals surface area contributed by atoms with E-state index in [1.807, 2.05) is 26.0 Å². The van der Waals surface area contributed by atoms with Gasteiger partial charge in [-0.15, -0.1) is 0 Å². The number of halogens is 2. The van der Waals surface area contributed by atoms with Crippen LogP contribution in [-0.4, -0.2) is 32.6 Å². The Balaban J connectivity index is 1.12. The van der Waals surface area contributed by atoms with Gasteiger partial charge in [0, 0.05) is 43.8 Å². The molecular weight excluding hydrogens is 1140 g/mol. The molecular formula is C84H102F2N2O4. The van der Waals surface area contributed by atoms with Gasteiger partial charge in [0.15, 0.2) is 0 Å². The largest absolute Gasteiger partial charge is 0.505 e. The van der Waals surface area contributed by atoms with Gasteiger partial charge in [-0.2, -0.15) is 0 Å². The summed E-state index contributed by atoms with van der Waals surface area (Å²) in [5, 5.41) is 30.8. The van der Waals surface area contributed by atoms with E-state index in [1.165, 1.54) is 24.3 Å². The predicted molar refractivity (Wildman–Crippen MR) is 385 cm³/mol. The highest BCUT2D eigenvalue weighted by molar-refractivity contribution is 6.11. The highest BCUT2D eigenvalue weighted by atomic mass is 19.1. The summed E-state index contributed by atoms with van der Waals surface area (Å²) in [6.07, 6.45) is 1.64. The molecule has 8 aromatic carbocycles. The second-order valence-electron chi connectivity index (χ2n) is 34.5. The topological polar surface area (TPSA) is 68.8 Å². The summed E-state index contributed by atoms with van der Waals surface area (Å²) >= 11 is 0. The monoisotopic (exact) mass is 1240 g/mol. The Morgan fingerprint density at radius 3 is 0.859 bits per heavy atom. The van der Waals surface area contributed by atoms with E-state index in [0.29, 0.717) is 56.3 Å². The van der Waals surface area contributed by atoms with Crippen molar-refractivity contribution in [1.29, 1.82) is 0 Å². The fourth-order valence-corrected chi connectivity index (χ4v) is 14.6. The number of rotatable bonds is 13. The molecule has 0 bridgehead atoms. The fourth-order valence-electron chi connectivity index (χ4n) is 14.6. The number of ether oxygens (including phenoxy) is 2. The van der Waals surface area contributed by atoms with Crippen molar-refractivity contribution in [3.8, 4) is 56.6 Å². The van der Waals surface area contributed by atoms with Crippen molar-refractivity contribution >= 4 is 43.6 Å². The Morgan fingerprint density at radius 1 is 0.337 bits per heavy atom. The molecule has 6 nitrogen and oxygen atoms in total. The molecule has 0 aliphatic heterocycles. The lowest BCUT2D eigenvalue weighted by Crippen LogP contribution is -2.25. The van der Waals surface area contributed by atoms with E-state index >= 15 is 8.78 Å². The second-order valence-corrected chi connectivity index (χ2v) is 34.5. The van der Waals surface area contributed by atoms with Gasteiger partial charge in [-0.1, -0.05) is 201 Å². The smallest absolute Gasteiger partial charge is 0.147 e. The lowest BCUT2D eigenvalue weighted by Gasteiger charge is -2.34. The average Bonchev–Trinajstić information content (AvgIpc) is 1.53. The molecule has 0 amide bonds. The van der Waals surface area contributed by atoms with Crippen LogP contribution in [0.1, 0.15) is 210 Å². The normalized spacial score (nSPS) is 13.4. The first kappa shape index (κ1) is 67.3. The molecule has 0 radical (unpaired) electrons. The molecule has 0 unspecified atom stereocenters. The minimum absolute atomic E-state index is 0.0000431. The molecule has 2 heterocycles. The number of nitrogens with zero attached hydrogens (tertiary/aromatic N) is 2. The first-order chi connectivity index (χ1) is 42.3. The summed E-state index contributed by atoms with van der Waals surface area (Å²) in [6.45, 7) is 52.7. The Labute approximate surface area is 548 Å². The molecule has 10 rings (SSSR count). The van der Waals surface area contributed by atoms with Gasteiger partial charge in [0.2, 0.25) is 0 Å². The molecule has 10 aromatic rings. The highest BCUT2D eigenvalue weighted by Gasteiger charge is 2.35. The number of aromatic nitrogens is 2. The van der Waals surface area contributed by atoms with E-state index in [4.69, 9.17) is 9.47 Å². The molecule has 0 saturated carbocycles. The Morgan fingerprint density at radius 2 is 0.609 bits per heavy atom. The third-order valence-electron chi connectivity index (χ3n) is 18.8. The number of aromatic hydroxyl groups is 2. The summed E-state index contributed by atoms with van der Waals surface area (Å²) in [5.41, 5.74) is 12.8. The number of hydrogen-bond donors (Lipinski definition) is 2. The van der Waals surface area contributed by atoms with E-state index in [-0.39, 0.29) is 57.2 Å². The molecule has 8 heteroatoms. The molecule has 0 spiro atoms. The van der Waals surface area contributed by atoms with Crippen LogP contribution < -0.4 is 9.47 Å². The molecule has 0 aliphatic rings. The lowest BCUT2D eigenvalue weighted by molar-refractivity contribution is 0.216. The molecule has 2 N–H and O–H groups in total. The van der Waals surface area contributed by atoms with E-state index in [1.54, 1.807) is 0 Å². The van der Waals surface area contributed by atoms with Gasteiger partial charge in [-0.25, -0.2) is 8.78 Å². The van der Waals surface area contributed by atoms with Crippen molar-refractivity contribution in [2.24, 2.45) is 10.8 Å². The lowest BCUT2D eigenvalue weighted by atomic mass is 9.71. The van der Waals surface area contributed by atoms with Crippen LogP contribution in [0.3, 0.4) is 0 Å². The zero-order valence-corrected chi connectivity index (χ0v) is 59.7. The van der Waals surface area contributed by atoms with Crippen molar-refractivity contribution in [2.45, 2.75) is 212 Å². The Bertz CT molecular complexity index is 4090. The molecule has 0 aliphatic carbocycles. The summed E-state index contributed by atoms with van der Waals surface area (Å²) < 4.78 is 50.9. The van der Waals surface area contributed by atoms with Crippen LogP contribution in [0.25, 0.3) is 77.2 Å². The first-order valence-electron chi connectivity index (χ1n) is 33.1. The van der Waals surface area contributed by atoms with Gasteiger partial charge in [-0.3, -0.25) is 0 Å². The van der Waals surface area contributed by atoms with Crippen LogP contribution in [0.15, 0.2) is 121 Å². The standard InChI is InChI=1S/C84H102F2N2O4/c1-49-35-57(85)45-65(63-37-55(83(21,22)47-77(3,4)5)43-71(73(63)89)87-67-39-51(79(9,10)11)25-29-59(67)60-30-26-52(40-68(60)87)80(12,13)14)75(49)91-33-34-92-76-50(2)36-58(86)46-66(76)64-38-56(84(23,24)48-78(6,7)8)44-72(74(64)90)88-69-41-53(81(15,16)17)27-31-61(69)62-32-28-54(42-70(62)88)82(18,19)20/h25-32,35-46,89-90H,33-34,47-48H2,1-24H3. The van der Waals surface area contributed by atoms with Gasteiger partial charge >= 0.3 is 0 Å².